The average molecular weight is 531 g/mol. The molecule has 10 heteroatoms. The van der Waals surface area contributed by atoms with Gasteiger partial charge in [-0.05, 0) is 38.0 Å². The number of pyridine rings is 1. The number of imide groups is 1. The number of rotatable bonds is 6. The maximum atomic E-state index is 13.2. The molecule has 3 aliphatic heterocycles. The fraction of sp³-hybridized carbons (Fsp3) is 0.250. The number of nitrogens with one attached hydrogen (secondary N) is 1. The second-order valence-corrected chi connectivity index (χ2v) is 9.23. The van der Waals surface area contributed by atoms with E-state index in [9.17, 15) is 14.4 Å². The number of benzene rings is 1. The van der Waals surface area contributed by atoms with Crippen LogP contribution in [0.25, 0.3) is 11.2 Å². The highest BCUT2D eigenvalue weighted by atomic mass is 35.5. The van der Waals surface area contributed by atoms with Crippen LogP contribution in [-0.2, 0) is 20.8 Å². The summed E-state index contributed by atoms with van der Waals surface area (Å²) in [5.74, 6) is -0.856. The number of aromatic nitrogens is 2. The monoisotopic (exact) mass is 530 g/mol. The molecule has 1 atom stereocenters. The number of carbonyl (C=O) groups excluding carboxylic acids is 3. The van der Waals surface area contributed by atoms with Gasteiger partial charge in [0, 0.05) is 49.7 Å². The lowest BCUT2D eigenvalue weighted by molar-refractivity contribution is -0.131. The van der Waals surface area contributed by atoms with Gasteiger partial charge in [0.2, 0.25) is 5.91 Å². The highest BCUT2D eigenvalue weighted by molar-refractivity contribution is 6.47. The number of halogens is 1. The number of fused-ring (bicyclic) bond motifs is 1. The molecule has 1 unspecified atom stereocenters. The number of para-hydroxylation sites is 1. The second kappa shape index (κ2) is 9.90. The fourth-order valence-electron chi connectivity index (χ4n) is 5.55. The Balaban J connectivity index is 0.00000294. The van der Waals surface area contributed by atoms with Crippen LogP contribution in [0.15, 0.2) is 71.8 Å². The molecule has 0 fully saturated rings. The molecule has 0 radical (unpaired) electrons. The minimum absolute atomic E-state index is 0. The normalized spacial score (nSPS) is 17.8. The summed E-state index contributed by atoms with van der Waals surface area (Å²) in [5, 5.41) is 2.46. The van der Waals surface area contributed by atoms with E-state index in [1.807, 2.05) is 67.5 Å². The van der Waals surface area contributed by atoms with Crippen molar-refractivity contribution < 1.29 is 14.4 Å². The summed E-state index contributed by atoms with van der Waals surface area (Å²) in [6.07, 6.45) is 8.02. The van der Waals surface area contributed by atoms with Gasteiger partial charge in [0.05, 0.1) is 34.4 Å². The van der Waals surface area contributed by atoms with E-state index in [4.69, 9.17) is 0 Å². The number of nitrogens with zero attached hydrogens (tertiary/aromatic N) is 5. The maximum Gasteiger partial charge on any atom is 0.261 e. The van der Waals surface area contributed by atoms with Gasteiger partial charge in [0.15, 0.2) is 0 Å². The van der Waals surface area contributed by atoms with Crippen LogP contribution in [0.5, 0.6) is 0 Å². The van der Waals surface area contributed by atoms with Crippen LogP contribution < -0.4 is 10.2 Å². The fourth-order valence-corrected chi connectivity index (χ4v) is 5.55. The molecule has 6 rings (SSSR count). The van der Waals surface area contributed by atoms with E-state index in [1.54, 1.807) is 16.8 Å². The highest BCUT2D eigenvalue weighted by Crippen LogP contribution is 2.41. The molecular formula is C28H27ClN6O3. The number of carbonyl (C=O) groups is 3. The van der Waals surface area contributed by atoms with Gasteiger partial charge < -0.3 is 9.80 Å². The van der Waals surface area contributed by atoms with Crippen molar-refractivity contribution in [3.63, 3.8) is 0 Å². The van der Waals surface area contributed by atoms with Gasteiger partial charge in [0.25, 0.3) is 11.8 Å². The van der Waals surface area contributed by atoms with Crippen molar-refractivity contribution in [2.75, 3.05) is 18.0 Å². The first-order chi connectivity index (χ1) is 18.0. The molecule has 5 heterocycles. The lowest BCUT2D eigenvalue weighted by Gasteiger charge is -2.26. The minimum atomic E-state index is -0.490. The summed E-state index contributed by atoms with van der Waals surface area (Å²) in [7, 11) is 0. The van der Waals surface area contributed by atoms with Crippen LogP contribution >= 0.6 is 12.4 Å². The Bertz CT molecular complexity index is 1570. The van der Waals surface area contributed by atoms with Gasteiger partial charge >= 0.3 is 0 Å². The maximum absolute atomic E-state index is 13.2. The van der Waals surface area contributed by atoms with Crippen LogP contribution in [0.4, 0.5) is 5.69 Å². The molecular weight excluding hydrogens is 504 g/mol. The summed E-state index contributed by atoms with van der Waals surface area (Å²) in [6.45, 7) is 5.31. The second-order valence-electron chi connectivity index (χ2n) is 9.23. The largest absolute Gasteiger partial charge is 0.343 e. The Morgan fingerprint density at radius 2 is 1.87 bits per heavy atom. The van der Waals surface area contributed by atoms with E-state index in [0.717, 1.165) is 16.8 Å². The smallest absolute Gasteiger partial charge is 0.261 e. The van der Waals surface area contributed by atoms with Gasteiger partial charge in [0.1, 0.15) is 5.65 Å². The van der Waals surface area contributed by atoms with Gasteiger partial charge in [-0.3, -0.25) is 29.1 Å². The van der Waals surface area contributed by atoms with Gasteiger partial charge in [-0.1, -0.05) is 24.3 Å². The number of aliphatic imine (C=N–C) groups is 1. The number of hydrogen-bond donors (Lipinski definition) is 1. The zero-order chi connectivity index (χ0) is 25.7. The topological polar surface area (TPSA) is 99.4 Å². The molecule has 3 aromatic rings. The van der Waals surface area contributed by atoms with Gasteiger partial charge in [-0.2, -0.15) is 0 Å². The Morgan fingerprint density at radius 3 is 2.66 bits per heavy atom. The van der Waals surface area contributed by atoms with Crippen molar-refractivity contribution in [3.05, 3.63) is 83.6 Å². The Hall–Kier alpha value is -4.24. The number of anilines is 1. The minimum Gasteiger partial charge on any atom is -0.343 e. The number of amides is 3. The van der Waals surface area contributed by atoms with Gasteiger partial charge in [-0.15, -0.1) is 12.4 Å². The van der Waals surface area contributed by atoms with E-state index in [1.165, 1.54) is 0 Å². The van der Waals surface area contributed by atoms with E-state index in [-0.39, 0.29) is 35.5 Å². The molecule has 0 aliphatic carbocycles. The molecule has 38 heavy (non-hydrogen) atoms. The van der Waals surface area contributed by atoms with E-state index in [2.05, 4.69) is 20.2 Å². The zero-order valence-corrected chi connectivity index (χ0v) is 21.9. The summed E-state index contributed by atoms with van der Waals surface area (Å²) in [4.78, 5) is 52.2. The van der Waals surface area contributed by atoms with Gasteiger partial charge in [-0.25, -0.2) is 4.98 Å². The first-order valence-corrected chi connectivity index (χ1v) is 12.5. The van der Waals surface area contributed by atoms with Crippen molar-refractivity contribution in [2.45, 2.75) is 32.7 Å². The standard InChI is InChI=1S/C28H26N6O3.ClH/c1-3-32(4-2)22(35)15-18-14-17-8-7-9-19-25(29-11-13-33(18)26(17)19)24-23(27(36)31-28(24)37)20-16-30-21-10-5-6-12-34(20)21;/h5-13,16,18H,3-4,14-15H2,1-2H3,(H,31,36,37);1H. The van der Waals surface area contributed by atoms with E-state index in [0.29, 0.717) is 43.0 Å². The molecule has 2 aromatic heterocycles. The third-order valence-electron chi connectivity index (χ3n) is 7.28. The van der Waals surface area contributed by atoms with Crippen LogP contribution in [0.1, 0.15) is 37.1 Å². The predicted molar refractivity (Wildman–Crippen MR) is 147 cm³/mol. The molecule has 3 amide bonds. The average Bonchev–Trinajstić information content (AvgIpc) is 3.50. The highest BCUT2D eigenvalue weighted by Gasteiger charge is 2.40. The quantitative estimate of drug-likeness (QED) is 0.494. The summed E-state index contributed by atoms with van der Waals surface area (Å²) in [5.41, 5.74) is 4.84. The zero-order valence-electron chi connectivity index (χ0n) is 21.0. The van der Waals surface area contributed by atoms with E-state index >= 15 is 0 Å². The predicted octanol–water partition coefficient (Wildman–Crippen LogP) is 3.13. The van der Waals surface area contributed by atoms with Crippen molar-refractivity contribution in [1.29, 1.82) is 0 Å². The number of hydrogen-bond acceptors (Lipinski definition) is 6. The third-order valence-corrected chi connectivity index (χ3v) is 7.28. The van der Waals surface area contributed by atoms with Crippen molar-refractivity contribution in [3.8, 4) is 0 Å². The van der Waals surface area contributed by atoms with Crippen LogP contribution in [0, 0.1) is 0 Å². The van der Waals surface area contributed by atoms with Crippen LogP contribution in [-0.4, -0.2) is 56.8 Å². The lowest BCUT2D eigenvalue weighted by atomic mass is 9.94. The Labute approximate surface area is 226 Å². The lowest BCUT2D eigenvalue weighted by Crippen LogP contribution is -2.37. The molecule has 0 saturated heterocycles. The summed E-state index contributed by atoms with van der Waals surface area (Å²) < 4.78 is 1.79. The molecule has 9 nitrogen and oxygen atoms in total. The summed E-state index contributed by atoms with van der Waals surface area (Å²) in [6, 6.07) is 11.4. The third kappa shape index (κ3) is 3.90. The molecule has 3 aliphatic rings. The molecule has 1 N–H and O–H groups in total. The molecule has 194 valence electrons. The van der Waals surface area contributed by atoms with Crippen LogP contribution in [0.3, 0.4) is 0 Å². The van der Waals surface area contributed by atoms with Crippen molar-refractivity contribution >= 4 is 52.7 Å². The Kier molecular flexibility index (Phi) is 6.62. The van der Waals surface area contributed by atoms with Crippen molar-refractivity contribution in [2.24, 2.45) is 4.99 Å². The molecule has 1 aromatic carbocycles. The molecule has 0 saturated carbocycles. The number of imidazole rings is 1. The van der Waals surface area contributed by atoms with Crippen LogP contribution in [0.2, 0.25) is 0 Å². The molecule has 0 spiro atoms. The first-order valence-electron chi connectivity index (χ1n) is 12.5. The SMILES string of the molecule is CCN(CC)C(=O)CC1Cc2cccc3c2N1C=CN=C3C1=C(c2cnc3ccccn23)C(=O)NC1=O.Cl. The Morgan fingerprint density at radius 1 is 1.08 bits per heavy atom. The molecule has 0 bridgehead atoms. The summed E-state index contributed by atoms with van der Waals surface area (Å²) >= 11 is 0. The van der Waals surface area contributed by atoms with Crippen molar-refractivity contribution in [1.82, 2.24) is 19.6 Å². The van der Waals surface area contributed by atoms with E-state index < -0.39 is 11.8 Å². The first kappa shape index (κ1) is 25.4.